The van der Waals surface area contributed by atoms with Gasteiger partial charge >= 0.3 is 0 Å². The summed E-state index contributed by atoms with van der Waals surface area (Å²) in [5, 5.41) is 0. The van der Waals surface area contributed by atoms with Crippen molar-refractivity contribution in [2.45, 2.75) is 182 Å². The van der Waals surface area contributed by atoms with E-state index in [9.17, 15) is 0 Å². The van der Waals surface area contributed by atoms with Crippen LogP contribution in [0.25, 0.3) is 0 Å². The Bertz CT molecular complexity index is 1240. The first kappa shape index (κ1) is 50.6. The molecule has 3 aromatic rings. The fraction of sp³-hybridized carbons (Fsp3) is 0.698. The maximum absolute atomic E-state index is 5.69. The Morgan fingerprint density at radius 1 is 0.714 bits per heavy atom. The lowest BCUT2D eigenvalue weighted by atomic mass is 9.89. The number of hydrogen-bond acceptors (Lipinski definition) is 6. The molecule has 0 fully saturated rings. The average molecular weight is 686 g/mol. The third-order valence-corrected chi connectivity index (χ3v) is 7.15. The second-order valence-electron chi connectivity index (χ2n) is 16.7. The van der Waals surface area contributed by atoms with E-state index in [1.54, 1.807) is 6.33 Å². The molecule has 284 valence electrons. The lowest BCUT2D eigenvalue weighted by molar-refractivity contribution is -0.0165. The van der Waals surface area contributed by atoms with Crippen LogP contribution in [0, 0.1) is 10.8 Å². The molecule has 0 aromatic carbocycles. The van der Waals surface area contributed by atoms with E-state index in [0.29, 0.717) is 47.7 Å². The predicted molar refractivity (Wildman–Crippen MR) is 214 cm³/mol. The highest BCUT2D eigenvalue weighted by molar-refractivity contribution is 5.19. The van der Waals surface area contributed by atoms with E-state index in [-0.39, 0.29) is 27.9 Å². The molecule has 0 aliphatic carbocycles. The molecule has 3 aromatic heterocycles. The normalized spacial score (nSPS) is 11.4. The van der Waals surface area contributed by atoms with Gasteiger partial charge < -0.3 is 13.9 Å². The van der Waals surface area contributed by atoms with Gasteiger partial charge in [-0.25, -0.2) is 9.97 Å². The molecule has 0 unspecified atom stereocenters. The molecule has 0 N–H and O–H groups in total. The van der Waals surface area contributed by atoms with Crippen molar-refractivity contribution in [3.05, 3.63) is 71.3 Å². The summed E-state index contributed by atoms with van der Waals surface area (Å²) in [6.07, 6.45) is 10.0. The van der Waals surface area contributed by atoms with Crippen LogP contribution in [0.5, 0.6) is 5.88 Å². The molecular formula is C43H79N3O3. The van der Waals surface area contributed by atoms with Gasteiger partial charge in [0.05, 0.1) is 36.5 Å². The van der Waals surface area contributed by atoms with Gasteiger partial charge in [0, 0.05) is 18.2 Å². The highest BCUT2D eigenvalue weighted by Gasteiger charge is 2.13. The van der Waals surface area contributed by atoms with Crippen LogP contribution >= 0.6 is 0 Å². The standard InChI is InChI=1S/C14H24O.C13H22N2O.C13H21NO.3CH4/c1-11(2)13-9-12(10-15-13)7-6-8-14(3,4)5;1-10(2)11-8-12(15-9-14-11)16-7-6-13(3,4)5;1-10(2)11-6-7-14-12(8-11)9-15-13(3,4)5;;;/h9-11H,6-8H2,1-5H3;8-10H,6-7H2,1-5H3;6-8,10H,9H2,1-5H3;3*1H4. The molecule has 0 radical (unpaired) electrons. The molecule has 0 bridgehead atoms. The lowest BCUT2D eigenvalue weighted by Gasteiger charge is -2.19. The summed E-state index contributed by atoms with van der Waals surface area (Å²) in [6.45, 7) is 33.9. The minimum atomic E-state index is -0.102. The molecule has 6 heteroatoms. The van der Waals surface area contributed by atoms with Crippen molar-refractivity contribution in [1.29, 1.82) is 0 Å². The van der Waals surface area contributed by atoms with Crippen LogP contribution in [0.3, 0.4) is 0 Å². The van der Waals surface area contributed by atoms with Crippen molar-refractivity contribution in [3.8, 4) is 5.88 Å². The number of nitrogens with zero attached hydrogens (tertiary/aromatic N) is 3. The van der Waals surface area contributed by atoms with E-state index in [1.807, 2.05) is 18.5 Å². The van der Waals surface area contributed by atoms with Gasteiger partial charge in [-0.15, -0.1) is 0 Å². The van der Waals surface area contributed by atoms with Gasteiger partial charge in [-0.2, -0.15) is 0 Å². The molecule has 3 heterocycles. The van der Waals surface area contributed by atoms with Crippen LogP contribution < -0.4 is 4.74 Å². The summed E-state index contributed by atoms with van der Waals surface area (Å²) in [4.78, 5) is 12.6. The Hall–Kier alpha value is -2.73. The molecule has 0 aliphatic rings. The zero-order valence-corrected chi connectivity index (χ0v) is 32.1. The summed E-state index contributed by atoms with van der Waals surface area (Å²) in [5.74, 6) is 3.25. The summed E-state index contributed by atoms with van der Waals surface area (Å²) < 4.78 is 16.8. The van der Waals surface area contributed by atoms with E-state index in [4.69, 9.17) is 13.9 Å². The Kier molecular flexibility index (Phi) is 24.4. The van der Waals surface area contributed by atoms with E-state index in [0.717, 1.165) is 30.0 Å². The Labute approximate surface area is 304 Å². The third-order valence-electron chi connectivity index (χ3n) is 7.15. The van der Waals surface area contributed by atoms with Crippen LogP contribution in [0.15, 0.2) is 47.5 Å². The first-order chi connectivity index (χ1) is 21.1. The van der Waals surface area contributed by atoms with Gasteiger partial charge in [-0.1, -0.05) is 105 Å². The molecule has 0 amide bonds. The van der Waals surface area contributed by atoms with Crippen molar-refractivity contribution in [2.24, 2.45) is 10.8 Å². The highest BCUT2D eigenvalue weighted by atomic mass is 16.5. The maximum atomic E-state index is 5.69. The fourth-order valence-electron chi connectivity index (χ4n) is 4.09. The number of aromatic nitrogens is 3. The Balaban J connectivity index is -0.000000629. The van der Waals surface area contributed by atoms with Crippen LogP contribution in [0.1, 0.15) is 191 Å². The molecule has 0 aliphatic heterocycles. The Morgan fingerprint density at radius 3 is 1.82 bits per heavy atom. The fourth-order valence-corrected chi connectivity index (χ4v) is 4.09. The minimum Gasteiger partial charge on any atom is -0.478 e. The third kappa shape index (κ3) is 25.0. The molecule has 0 saturated heterocycles. The van der Waals surface area contributed by atoms with Gasteiger partial charge in [0.2, 0.25) is 5.88 Å². The van der Waals surface area contributed by atoms with E-state index in [1.165, 1.54) is 24.0 Å². The largest absolute Gasteiger partial charge is 0.478 e. The van der Waals surface area contributed by atoms with Crippen molar-refractivity contribution < 1.29 is 13.9 Å². The maximum Gasteiger partial charge on any atom is 0.216 e. The van der Waals surface area contributed by atoms with Gasteiger partial charge in [0.1, 0.15) is 12.1 Å². The van der Waals surface area contributed by atoms with E-state index < -0.39 is 0 Å². The van der Waals surface area contributed by atoms with Crippen LogP contribution in [-0.4, -0.2) is 27.2 Å². The first-order valence-corrected chi connectivity index (χ1v) is 17.3. The van der Waals surface area contributed by atoms with Gasteiger partial charge in [-0.05, 0) is 98.4 Å². The summed E-state index contributed by atoms with van der Waals surface area (Å²) >= 11 is 0. The van der Waals surface area contributed by atoms with E-state index >= 15 is 0 Å². The number of hydrogen-bond donors (Lipinski definition) is 0. The topological polar surface area (TPSA) is 70.3 Å². The summed E-state index contributed by atoms with van der Waals surface area (Å²) in [5.41, 5.74) is 5.35. The van der Waals surface area contributed by atoms with Gasteiger partial charge in [0.25, 0.3) is 0 Å². The summed E-state index contributed by atoms with van der Waals surface area (Å²) in [7, 11) is 0. The number of aryl methyl sites for hydroxylation is 1. The van der Waals surface area contributed by atoms with E-state index in [2.05, 4.69) is 137 Å². The van der Waals surface area contributed by atoms with Crippen LogP contribution in [0.2, 0.25) is 0 Å². The highest BCUT2D eigenvalue weighted by Crippen LogP contribution is 2.24. The lowest BCUT2D eigenvalue weighted by Crippen LogP contribution is -2.19. The molecule has 0 spiro atoms. The smallest absolute Gasteiger partial charge is 0.216 e. The zero-order chi connectivity index (χ0) is 35.1. The number of furan rings is 1. The van der Waals surface area contributed by atoms with Crippen molar-refractivity contribution in [3.63, 3.8) is 0 Å². The van der Waals surface area contributed by atoms with Crippen molar-refractivity contribution >= 4 is 0 Å². The molecule has 49 heavy (non-hydrogen) atoms. The van der Waals surface area contributed by atoms with Crippen LogP contribution in [0.4, 0.5) is 0 Å². The zero-order valence-electron chi connectivity index (χ0n) is 32.1. The number of rotatable bonds is 11. The predicted octanol–water partition coefficient (Wildman–Crippen LogP) is 13.6. The second-order valence-corrected chi connectivity index (χ2v) is 16.7. The average Bonchev–Trinajstić information content (AvgIpc) is 3.41. The minimum absolute atomic E-state index is 0. The number of pyridine rings is 1. The molecule has 6 nitrogen and oxygen atoms in total. The van der Waals surface area contributed by atoms with Crippen molar-refractivity contribution in [2.75, 3.05) is 6.61 Å². The second kappa shape index (κ2) is 23.6. The molecular weight excluding hydrogens is 606 g/mol. The molecule has 3 rings (SSSR count). The summed E-state index contributed by atoms with van der Waals surface area (Å²) in [6, 6.07) is 8.31. The molecule has 0 atom stereocenters. The Morgan fingerprint density at radius 2 is 1.33 bits per heavy atom. The SMILES string of the molecule is C.C.C.CC(C)c1cc(CCCC(C)(C)C)co1.CC(C)c1cc(OCCC(C)(C)C)ncn1.CC(C)c1ccnc(COC(C)(C)C)c1. The molecule has 0 saturated carbocycles. The monoisotopic (exact) mass is 686 g/mol. The van der Waals surface area contributed by atoms with Crippen LogP contribution in [-0.2, 0) is 17.8 Å². The number of ether oxygens (including phenoxy) is 2. The van der Waals surface area contributed by atoms with Gasteiger partial charge in [0.15, 0.2) is 0 Å². The quantitative estimate of drug-likeness (QED) is 0.200. The van der Waals surface area contributed by atoms with Gasteiger partial charge in [-0.3, -0.25) is 4.98 Å². The van der Waals surface area contributed by atoms with Crippen molar-refractivity contribution in [1.82, 2.24) is 15.0 Å². The first-order valence-electron chi connectivity index (χ1n) is 17.3.